The lowest BCUT2D eigenvalue weighted by Crippen LogP contribution is -2.14. The molecule has 0 aliphatic carbocycles. The lowest BCUT2D eigenvalue weighted by atomic mass is 10.1. The van der Waals surface area contributed by atoms with Crippen LogP contribution in [0.3, 0.4) is 0 Å². The smallest absolute Gasteiger partial charge is 0.285 e. The molecule has 1 heterocycles. The number of sulfonamides is 1. The molecule has 0 radical (unpaired) electrons. The molecule has 3 rings (SSSR count). The Morgan fingerprint density at radius 2 is 1.57 bits per heavy atom. The molecule has 0 N–H and O–H groups in total. The Balaban J connectivity index is 2.26. The SMILES string of the molecule is Cc1ccc(S(=O)(=O)N=c2sc3c(C)ccc(C)c3n2C)cc1. The minimum absolute atomic E-state index is 0.217. The predicted octanol–water partition coefficient (Wildman–Crippen LogP) is 3.45. The van der Waals surface area contributed by atoms with Crippen molar-refractivity contribution in [1.29, 1.82) is 0 Å². The Morgan fingerprint density at radius 3 is 2.17 bits per heavy atom. The Kier molecular flexibility index (Phi) is 3.90. The number of hydrogen-bond acceptors (Lipinski definition) is 3. The number of nitrogens with zero attached hydrogens (tertiary/aromatic N) is 2. The Morgan fingerprint density at radius 1 is 0.957 bits per heavy atom. The average Bonchev–Trinajstić information content (AvgIpc) is 2.81. The number of aromatic nitrogens is 1. The van der Waals surface area contributed by atoms with Crippen molar-refractivity contribution < 1.29 is 8.42 Å². The Hall–Kier alpha value is -1.92. The summed E-state index contributed by atoms with van der Waals surface area (Å²) in [6, 6.07) is 10.8. The van der Waals surface area contributed by atoms with Crippen molar-refractivity contribution in [2.45, 2.75) is 25.7 Å². The summed E-state index contributed by atoms with van der Waals surface area (Å²) in [4.78, 5) is 0.701. The van der Waals surface area contributed by atoms with Crippen LogP contribution in [0.15, 0.2) is 45.7 Å². The minimum Gasteiger partial charge on any atom is -0.319 e. The van der Waals surface area contributed by atoms with Gasteiger partial charge in [-0.15, -0.1) is 4.40 Å². The quantitative estimate of drug-likeness (QED) is 0.713. The molecule has 120 valence electrons. The molecule has 0 unspecified atom stereocenters. The third-order valence-corrected chi connectivity index (χ3v) is 6.53. The molecule has 3 aromatic rings. The Bertz CT molecular complexity index is 1060. The molecule has 6 heteroatoms. The van der Waals surface area contributed by atoms with Crippen LogP contribution in [0.4, 0.5) is 0 Å². The second-order valence-electron chi connectivity index (χ2n) is 5.70. The van der Waals surface area contributed by atoms with E-state index >= 15 is 0 Å². The van der Waals surface area contributed by atoms with E-state index in [1.807, 2.05) is 44.5 Å². The molecule has 0 saturated carbocycles. The topological polar surface area (TPSA) is 51.4 Å². The number of hydrogen-bond donors (Lipinski definition) is 0. The number of rotatable bonds is 2. The van der Waals surface area contributed by atoms with Gasteiger partial charge in [-0.3, -0.25) is 0 Å². The van der Waals surface area contributed by atoms with Gasteiger partial charge in [-0.2, -0.15) is 8.42 Å². The molecular weight excluding hydrogens is 328 g/mol. The van der Waals surface area contributed by atoms with Gasteiger partial charge in [0.2, 0.25) is 4.80 Å². The van der Waals surface area contributed by atoms with E-state index in [-0.39, 0.29) is 4.90 Å². The predicted molar refractivity (Wildman–Crippen MR) is 94.2 cm³/mol. The molecule has 0 atom stereocenters. The van der Waals surface area contributed by atoms with E-state index in [1.54, 1.807) is 24.3 Å². The fourth-order valence-electron chi connectivity index (χ4n) is 2.52. The van der Waals surface area contributed by atoms with Crippen molar-refractivity contribution in [2.24, 2.45) is 11.4 Å². The summed E-state index contributed by atoms with van der Waals surface area (Å²) < 4.78 is 32.1. The second-order valence-corrected chi connectivity index (χ2v) is 8.28. The summed E-state index contributed by atoms with van der Waals surface area (Å²) in [5.74, 6) is 0. The number of fused-ring (bicyclic) bond motifs is 1. The standard InChI is InChI=1S/C17H18N2O2S2/c1-11-5-9-14(10-6-11)23(20,21)18-17-19(4)15-12(2)7-8-13(3)16(15)22-17/h5-10H,1-4H3. The van der Waals surface area contributed by atoms with Crippen molar-refractivity contribution in [3.63, 3.8) is 0 Å². The zero-order chi connectivity index (χ0) is 16.8. The van der Waals surface area contributed by atoms with E-state index in [2.05, 4.69) is 4.40 Å². The third-order valence-electron chi connectivity index (χ3n) is 3.86. The van der Waals surface area contributed by atoms with Crippen LogP contribution >= 0.6 is 11.3 Å². The molecule has 0 fully saturated rings. The summed E-state index contributed by atoms with van der Waals surface area (Å²) >= 11 is 1.41. The molecule has 0 aliphatic heterocycles. The van der Waals surface area contributed by atoms with Gasteiger partial charge in [-0.05, 0) is 44.0 Å². The number of thiazole rings is 1. The highest BCUT2D eigenvalue weighted by Gasteiger charge is 2.14. The molecule has 0 saturated heterocycles. The first-order valence-corrected chi connectivity index (χ1v) is 9.48. The first-order valence-electron chi connectivity index (χ1n) is 7.23. The molecule has 0 bridgehead atoms. The second kappa shape index (κ2) is 5.62. The van der Waals surface area contributed by atoms with Gasteiger partial charge in [0.05, 0.1) is 15.1 Å². The van der Waals surface area contributed by atoms with E-state index in [4.69, 9.17) is 0 Å². The van der Waals surface area contributed by atoms with Gasteiger partial charge >= 0.3 is 0 Å². The Labute approximate surface area is 139 Å². The fraction of sp³-hybridized carbons (Fsp3) is 0.235. The first kappa shape index (κ1) is 16.0. The molecule has 0 spiro atoms. The molecule has 1 aromatic heterocycles. The highest BCUT2D eigenvalue weighted by atomic mass is 32.2. The highest BCUT2D eigenvalue weighted by Crippen LogP contribution is 2.24. The van der Waals surface area contributed by atoms with Gasteiger partial charge < -0.3 is 4.57 Å². The minimum atomic E-state index is -3.71. The van der Waals surface area contributed by atoms with Gasteiger partial charge in [0.1, 0.15) is 0 Å². The lowest BCUT2D eigenvalue weighted by molar-refractivity contribution is 0.596. The van der Waals surface area contributed by atoms with Crippen LogP contribution in [0, 0.1) is 20.8 Å². The summed E-state index contributed by atoms with van der Waals surface area (Å²) in [6.07, 6.45) is 0. The average molecular weight is 346 g/mol. The van der Waals surface area contributed by atoms with E-state index in [0.29, 0.717) is 4.80 Å². The molecule has 4 nitrogen and oxygen atoms in total. The van der Waals surface area contributed by atoms with E-state index in [9.17, 15) is 8.42 Å². The van der Waals surface area contributed by atoms with E-state index < -0.39 is 10.0 Å². The summed E-state index contributed by atoms with van der Waals surface area (Å²) in [5, 5.41) is 0. The van der Waals surface area contributed by atoms with Crippen molar-refractivity contribution >= 4 is 31.6 Å². The zero-order valence-corrected chi connectivity index (χ0v) is 15.1. The highest BCUT2D eigenvalue weighted by molar-refractivity contribution is 7.90. The van der Waals surface area contributed by atoms with Crippen molar-refractivity contribution in [1.82, 2.24) is 4.57 Å². The summed E-state index contributed by atoms with van der Waals surface area (Å²) in [6.45, 7) is 5.97. The van der Waals surface area contributed by atoms with E-state index in [0.717, 1.165) is 26.9 Å². The summed E-state index contributed by atoms with van der Waals surface area (Å²) in [5.41, 5.74) is 4.29. The zero-order valence-electron chi connectivity index (χ0n) is 13.5. The monoisotopic (exact) mass is 346 g/mol. The van der Waals surface area contributed by atoms with Crippen LogP contribution in [0.1, 0.15) is 16.7 Å². The molecule has 0 amide bonds. The largest absolute Gasteiger partial charge is 0.319 e. The van der Waals surface area contributed by atoms with Crippen LogP contribution in [0.25, 0.3) is 10.2 Å². The van der Waals surface area contributed by atoms with Crippen molar-refractivity contribution in [2.75, 3.05) is 0 Å². The number of benzene rings is 2. The van der Waals surface area contributed by atoms with Gasteiger partial charge in [-0.1, -0.05) is 41.2 Å². The molecule has 2 aromatic carbocycles. The van der Waals surface area contributed by atoms with Gasteiger partial charge in [-0.25, -0.2) is 0 Å². The van der Waals surface area contributed by atoms with Crippen LogP contribution in [0.5, 0.6) is 0 Å². The van der Waals surface area contributed by atoms with Crippen LogP contribution in [-0.2, 0) is 17.1 Å². The van der Waals surface area contributed by atoms with Crippen LogP contribution in [-0.4, -0.2) is 13.0 Å². The van der Waals surface area contributed by atoms with E-state index in [1.165, 1.54) is 11.3 Å². The lowest BCUT2D eigenvalue weighted by Gasteiger charge is -2.02. The van der Waals surface area contributed by atoms with Gasteiger partial charge in [0.15, 0.2) is 0 Å². The molecule has 0 aliphatic rings. The van der Waals surface area contributed by atoms with Crippen LogP contribution in [0.2, 0.25) is 0 Å². The van der Waals surface area contributed by atoms with Crippen LogP contribution < -0.4 is 4.80 Å². The van der Waals surface area contributed by atoms with Crippen molar-refractivity contribution in [3.8, 4) is 0 Å². The van der Waals surface area contributed by atoms with Crippen molar-refractivity contribution in [3.05, 3.63) is 57.9 Å². The van der Waals surface area contributed by atoms with Gasteiger partial charge in [0.25, 0.3) is 10.0 Å². The summed E-state index contributed by atoms with van der Waals surface area (Å²) in [7, 11) is -1.86. The maximum Gasteiger partial charge on any atom is 0.285 e. The molecular formula is C17H18N2O2S2. The first-order chi connectivity index (χ1) is 10.8. The van der Waals surface area contributed by atoms with Gasteiger partial charge in [0, 0.05) is 7.05 Å². The number of aryl methyl sites for hydroxylation is 4. The fourth-order valence-corrected chi connectivity index (χ4v) is 4.91. The maximum absolute atomic E-state index is 12.5. The normalized spacial score (nSPS) is 13.0. The maximum atomic E-state index is 12.5. The molecule has 23 heavy (non-hydrogen) atoms. The third kappa shape index (κ3) is 2.84.